The Kier molecular flexibility index (Phi) is 4.31. The van der Waals surface area contributed by atoms with Gasteiger partial charge >= 0.3 is 0 Å². The van der Waals surface area contributed by atoms with Crippen LogP contribution in [0.4, 0.5) is 0 Å². The van der Waals surface area contributed by atoms with Gasteiger partial charge in [-0.25, -0.2) is 4.98 Å². The molecule has 2 aromatic heterocycles. The van der Waals surface area contributed by atoms with Crippen LogP contribution in [0, 0.1) is 0 Å². The van der Waals surface area contributed by atoms with Gasteiger partial charge in [0.2, 0.25) is 0 Å². The van der Waals surface area contributed by atoms with Crippen molar-refractivity contribution in [3.05, 3.63) is 38.5 Å². The van der Waals surface area contributed by atoms with Crippen LogP contribution in [0.3, 0.4) is 0 Å². The number of aromatic nitrogens is 1. The first-order valence-corrected chi connectivity index (χ1v) is 7.75. The van der Waals surface area contributed by atoms with Crippen molar-refractivity contribution in [1.82, 2.24) is 10.3 Å². The molecule has 0 fully saturated rings. The lowest BCUT2D eigenvalue weighted by Gasteiger charge is -2.13. The maximum Gasteiger partial charge on any atom is 0.114 e. The molecule has 0 aliphatic heterocycles. The van der Waals surface area contributed by atoms with E-state index in [1.165, 1.54) is 16.3 Å². The molecular formula is C13H18N2S2. The summed E-state index contributed by atoms with van der Waals surface area (Å²) in [7, 11) is 0. The van der Waals surface area contributed by atoms with Crippen molar-refractivity contribution < 1.29 is 0 Å². The van der Waals surface area contributed by atoms with Gasteiger partial charge in [-0.15, -0.1) is 11.3 Å². The molecule has 0 spiro atoms. The van der Waals surface area contributed by atoms with E-state index < -0.39 is 0 Å². The minimum Gasteiger partial charge on any atom is -0.305 e. The number of nitrogens with one attached hydrogen (secondary N) is 1. The van der Waals surface area contributed by atoms with Gasteiger partial charge in [0, 0.05) is 5.38 Å². The molecule has 0 saturated carbocycles. The Morgan fingerprint density at radius 2 is 2.18 bits per heavy atom. The fourth-order valence-electron chi connectivity index (χ4n) is 1.69. The van der Waals surface area contributed by atoms with E-state index in [1.54, 1.807) is 22.7 Å². The number of nitrogens with zero attached hydrogens (tertiary/aromatic N) is 1. The Hall–Kier alpha value is -0.710. The standard InChI is InChI=1S/C13H18N2S2/c1-4-14-12(10-5-6-16-7-10)13-15-11(8-17-13)9(2)3/h5-9,12,14H,4H2,1-3H3. The molecule has 2 nitrogen and oxygen atoms in total. The third kappa shape index (κ3) is 2.94. The molecule has 0 bridgehead atoms. The second-order valence-electron chi connectivity index (χ2n) is 4.31. The summed E-state index contributed by atoms with van der Waals surface area (Å²) >= 11 is 3.49. The van der Waals surface area contributed by atoms with Gasteiger partial charge in [-0.1, -0.05) is 20.8 Å². The lowest BCUT2D eigenvalue weighted by Crippen LogP contribution is -2.21. The van der Waals surface area contributed by atoms with Gasteiger partial charge in [0.15, 0.2) is 0 Å². The highest BCUT2D eigenvalue weighted by molar-refractivity contribution is 7.10. The molecule has 0 aliphatic carbocycles. The van der Waals surface area contributed by atoms with Crippen molar-refractivity contribution in [3.8, 4) is 0 Å². The molecule has 0 saturated heterocycles. The van der Waals surface area contributed by atoms with Crippen molar-refractivity contribution in [1.29, 1.82) is 0 Å². The van der Waals surface area contributed by atoms with Gasteiger partial charge in [0.1, 0.15) is 5.01 Å². The van der Waals surface area contributed by atoms with E-state index in [9.17, 15) is 0 Å². The molecule has 1 N–H and O–H groups in total. The predicted octanol–water partition coefficient (Wildman–Crippen LogP) is 4.03. The van der Waals surface area contributed by atoms with Crippen LogP contribution in [0.25, 0.3) is 0 Å². The monoisotopic (exact) mass is 266 g/mol. The highest BCUT2D eigenvalue weighted by atomic mass is 32.1. The lowest BCUT2D eigenvalue weighted by atomic mass is 10.1. The fraction of sp³-hybridized carbons (Fsp3) is 0.462. The molecule has 2 heterocycles. The number of thiazole rings is 1. The topological polar surface area (TPSA) is 24.9 Å². The van der Waals surface area contributed by atoms with E-state index in [0.717, 1.165) is 6.54 Å². The fourth-order valence-corrected chi connectivity index (χ4v) is 3.46. The Labute approximate surface area is 111 Å². The zero-order valence-corrected chi connectivity index (χ0v) is 12.1. The van der Waals surface area contributed by atoms with Crippen molar-refractivity contribution in [2.45, 2.75) is 32.7 Å². The van der Waals surface area contributed by atoms with E-state index in [-0.39, 0.29) is 6.04 Å². The van der Waals surface area contributed by atoms with Crippen LogP contribution in [-0.2, 0) is 0 Å². The Morgan fingerprint density at radius 1 is 1.35 bits per heavy atom. The van der Waals surface area contributed by atoms with Crippen LogP contribution < -0.4 is 5.32 Å². The highest BCUT2D eigenvalue weighted by Crippen LogP contribution is 2.28. The first-order valence-electron chi connectivity index (χ1n) is 5.93. The molecular weight excluding hydrogens is 248 g/mol. The normalized spacial score (nSPS) is 13.2. The predicted molar refractivity (Wildman–Crippen MR) is 76.0 cm³/mol. The average molecular weight is 266 g/mol. The lowest BCUT2D eigenvalue weighted by molar-refractivity contribution is 0.625. The average Bonchev–Trinajstić information content (AvgIpc) is 2.97. The first kappa shape index (κ1) is 12.7. The second kappa shape index (κ2) is 5.76. The summed E-state index contributed by atoms with van der Waals surface area (Å²) in [6, 6.07) is 2.43. The third-order valence-corrected chi connectivity index (χ3v) is 4.29. The molecule has 1 unspecified atom stereocenters. The van der Waals surface area contributed by atoms with Crippen molar-refractivity contribution in [2.24, 2.45) is 0 Å². The van der Waals surface area contributed by atoms with Crippen LogP contribution in [0.5, 0.6) is 0 Å². The largest absolute Gasteiger partial charge is 0.305 e. The van der Waals surface area contributed by atoms with Crippen LogP contribution >= 0.6 is 22.7 Å². The number of hydrogen-bond donors (Lipinski definition) is 1. The highest BCUT2D eigenvalue weighted by Gasteiger charge is 2.17. The molecule has 1 atom stereocenters. The summed E-state index contributed by atoms with van der Waals surface area (Å²) in [5, 5.41) is 11.2. The minimum atomic E-state index is 0.253. The van der Waals surface area contributed by atoms with Gasteiger partial charge in [-0.3, -0.25) is 0 Å². The first-order chi connectivity index (χ1) is 8.22. The molecule has 0 amide bonds. The summed E-state index contributed by atoms with van der Waals surface area (Å²) in [6.45, 7) is 7.46. The van der Waals surface area contributed by atoms with E-state index in [4.69, 9.17) is 4.98 Å². The van der Waals surface area contributed by atoms with E-state index in [2.05, 4.69) is 48.3 Å². The number of hydrogen-bond acceptors (Lipinski definition) is 4. The van der Waals surface area contributed by atoms with Gasteiger partial charge < -0.3 is 5.32 Å². The van der Waals surface area contributed by atoms with Crippen LogP contribution in [0.15, 0.2) is 22.2 Å². The van der Waals surface area contributed by atoms with Crippen LogP contribution in [0.1, 0.15) is 49.0 Å². The Morgan fingerprint density at radius 3 is 2.71 bits per heavy atom. The van der Waals surface area contributed by atoms with Crippen molar-refractivity contribution in [2.75, 3.05) is 6.54 Å². The summed E-state index contributed by atoms with van der Waals surface area (Å²) in [4.78, 5) is 4.75. The van der Waals surface area contributed by atoms with E-state index in [1.807, 2.05) is 0 Å². The Bertz CT molecular complexity index is 446. The van der Waals surface area contributed by atoms with Crippen molar-refractivity contribution in [3.63, 3.8) is 0 Å². The maximum absolute atomic E-state index is 4.75. The zero-order valence-electron chi connectivity index (χ0n) is 10.4. The van der Waals surface area contributed by atoms with Gasteiger partial charge in [-0.2, -0.15) is 11.3 Å². The summed E-state index contributed by atoms with van der Waals surface area (Å²) in [5.74, 6) is 0.504. The molecule has 4 heteroatoms. The van der Waals surface area contributed by atoms with E-state index >= 15 is 0 Å². The molecule has 2 rings (SSSR count). The second-order valence-corrected chi connectivity index (χ2v) is 5.98. The van der Waals surface area contributed by atoms with E-state index in [0.29, 0.717) is 5.92 Å². The van der Waals surface area contributed by atoms with Crippen LogP contribution in [-0.4, -0.2) is 11.5 Å². The molecule has 0 radical (unpaired) electrons. The molecule has 17 heavy (non-hydrogen) atoms. The summed E-state index contributed by atoms with van der Waals surface area (Å²) < 4.78 is 0. The molecule has 92 valence electrons. The third-order valence-electron chi connectivity index (χ3n) is 2.66. The molecule has 2 aromatic rings. The van der Waals surface area contributed by atoms with Gasteiger partial charge in [-0.05, 0) is 34.9 Å². The minimum absolute atomic E-state index is 0.253. The zero-order chi connectivity index (χ0) is 12.3. The van der Waals surface area contributed by atoms with Crippen LogP contribution in [0.2, 0.25) is 0 Å². The van der Waals surface area contributed by atoms with Gasteiger partial charge in [0.05, 0.1) is 11.7 Å². The van der Waals surface area contributed by atoms with Crippen molar-refractivity contribution >= 4 is 22.7 Å². The molecule has 0 aliphatic rings. The quantitative estimate of drug-likeness (QED) is 0.884. The number of thiophene rings is 1. The summed E-state index contributed by atoms with van der Waals surface area (Å²) in [5.41, 5.74) is 2.52. The number of rotatable bonds is 5. The smallest absolute Gasteiger partial charge is 0.114 e. The Balaban J connectivity index is 2.26. The maximum atomic E-state index is 4.75. The van der Waals surface area contributed by atoms with Gasteiger partial charge in [0.25, 0.3) is 0 Å². The SMILES string of the molecule is CCNC(c1ccsc1)c1nc(C(C)C)cs1. The molecule has 0 aromatic carbocycles. The summed E-state index contributed by atoms with van der Waals surface area (Å²) in [6.07, 6.45) is 0.